The molecule has 2 amide bonds. The zero-order chi connectivity index (χ0) is 18.9. The second-order valence-corrected chi connectivity index (χ2v) is 5.60. The number of hydrazone groups is 1. The molecule has 0 saturated carbocycles. The van der Waals surface area contributed by atoms with Crippen LogP contribution in [0.4, 0.5) is 4.39 Å². The van der Waals surface area contributed by atoms with Gasteiger partial charge in [-0.2, -0.15) is 5.10 Å². The molecule has 7 heteroatoms. The third-order valence-electron chi connectivity index (χ3n) is 3.50. The van der Waals surface area contributed by atoms with Crippen LogP contribution in [-0.2, 0) is 11.3 Å². The molecule has 0 heterocycles. The molecule has 0 fully saturated rings. The number of nitrogens with one attached hydrogen (secondary N) is 2. The monoisotopic (exact) mass is 357 g/mol. The van der Waals surface area contributed by atoms with Crippen molar-refractivity contribution in [1.82, 2.24) is 10.7 Å². The maximum absolute atomic E-state index is 13.1. The third kappa shape index (κ3) is 6.01. The zero-order valence-electron chi connectivity index (χ0n) is 14.6. The summed E-state index contributed by atoms with van der Waals surface area (Å²) in [5.74, 6) is -0.516. The number of nitrogens with zero attached hydrogens (tertiary/aromatic N) is 1. The second-order valence-electron chi connectivity index (χ2n) is 5.60. The molecule has 2 aromatic rings. The summed E-state index contributed by atoms with van der Waals surface area (Å²) < 4.78 is 18.2. The molecule has 2 aromatic carbocycles. The van der Waals surface area contributed by atoms with E-state index in [4.69, 9.17) is 4.74 Å². The van der Waals surface area contributed by atoms with Crippen molar-refractivity contribution in [2.24, 2.45) is 5.10 Å². The highest BCUT2D eigenvalue weighted by Crippen LogP contribution is 2.11. The summed E-state index contributed by atoms with van der Waals surface area (Å²) in [6.07, 6.45) is 0.0413. The van der Waals surface area contributed by atoms with E-state index < -0.39 is 11.7 Å². The number of ether oxygens (including phenoxy) is 1. The number of methoxy groups -OCH3 is 1. The summed E-state index contributed by atoms with van der Waals surface area (Å²) in [6.45, 7) is 2.00. The molecule has 6 nitrogen and oxygen atoms in total. The molecule has 0 unspecified atom stereocenters. The van der Waals surface area contributed by atoms with Gasteiger partial charge >= 0.3 is 0 Å². The van der Waals surface area contributed by atoms with Crippen LogP contribution in [0.5, 0.6) is 5.75 Å². The Morgan fingerprint density at radius 2 is 1.88 bits per heavy atom. The smallest absolute Gasteiger partial charge is 0.271 e. The quantitative estimate of drug-likeness (QED) is 0.591. The number of benzene rings is 2. The van der Waals surface area contributed by atoms with E-state index in [0.717, 1.165) is 17.4 Å². The lowest BCUT2D eigenvalue weighted by Gasteiger charge is -2.07. The highest BCUT2D eigenvalue weighted by molar-refractivity contribution is 6.01. The molecule has 0 spiro atoms. The van der Waals surface area contributed by atoms with Crippen molar-refractivity contribution in [1.29, 1.82) is 0 Å². The van der Waals surface area contributed by atoms with Crippen LogP contribution in [0, 0.1) is 5.82 Å². The molecule has 0 atom stereocenters. The highest BCUT2D eigenvalue weighted by atomic mass is 19.1. The third-order valence-corrected chi connectivity index (χ3v) is 3.50. The van der Waals surface area contributed by atoms with Crippen molar-refractivity contribution in [2.45, 2.75) is 19.9 Å². The van der Waals surface area contributed by atoms with Gasteiger partial charge in [-0.25, -0.2) is 9.82 Å². The van der Waals surface area contributed by atoms with Crippen molar-refractivity contribution in [3.8, 4) is 5.75 Å². The first-order valence-electron chi connectivity index (χ1n) is 7.96. The molecule has 0 aliphatic rings. The van der Waals surface area contributed by atoms with Gasteiger partial charge in [0.05, 0.1) is 13.5 Å². The molecule has 136 valence electrons. The molecule has 0 aromatic heterocycles. The molecule has 2 rings (SSSR count). The van der Waals surface area contributed by atoms with Crippen molar-refractivity contribution in [3.63, 3.8) is 0 Å². The van der Waals surface area contributed by atoms with Crippen LogP contribution >= 0.6 is 0 Å². The standard InChI is InChI=1S/C19H20FN3O3/c1-13(22-23-19(25)15-4-3-5-16(20)11-15)10-18(24)21-12-14-6-8-17(26-2)9-7-14/h3-9,11H,10,12H2,1-2H3,(H,21,24)(H,23,25). The van der Waals surface area contributed by atoms with Crippen molar-refractivity contribution >= 4 is 17.5 Å². The predicted octanol–water partition coefficient (Wildman–Crippen LogP) is 2.65. The van der Waals surface area contributed by atoms with Gasteiger partial charge in [-0.3, -0.25) is 9.59 Å². The minimum Gasteiger partial charge on any atom is -0.497 e. The predicted molar refractivity (Wildman–Crippen MR) is 96.4 cm³/mol. The van der Waals surface area contributed by atoms with Gasteiger partial charge < -0.3 is 10.1 Å². The summed E-state index contributed by atoms with van der Waals surface area (Å²) in [5, 5.41) is 6.64. The number of carbonyl (C=O) groups excluding carboxylic acids is 2. The Balaban J connectivity index is 1.80. The zero-order valence-corrected chi connectivity index (χ0v) is 14.6. The van der Waals surface area contributed by atoms with Crippen molar-refractivity contribution < 1.29 is 18.7 Å². The Kier molecular flexibility index (Phi) is 6.84. The fourth-order valence-electron chi connectivity index (χ4n) is 2.12. The van der Waals surface area contributed by atoms with Gasteiger partial charge in [0.25, 0.3) is 5.91 Å². The van der Waals surface area contributed by atoms with Crippen LogP contribution in [0.25, 0.3) is 0 Å². The van der Waals surface area contributed by atoms with E-state index in [1.807, 2.05) is 24.3 Å². The number of hydrogen-bond acceptors (Lipinski definition) is 4. The van der Waals surface area contributed by atoms with Gasteiger partial charge in [0, 0.05) is 17.8 Å². The average Bonchev–Trinajstić information content (AvgIpc) is 2.65. The largest absolute Gasteiger partial charge is 0.497 e. The van der Waals surface area contributed by atoms with Crippen LogP contribution in [0.2, 0.25) is 0 Å². The van der Waals surface area contributed by atoms with Gasteiger partial charge in [-0.1, -0.05) is 18.2 Å². The van der Waals surface area contributed by atoms with Gasteiger partial charge in [-0.15, -0.1) is 0 Å². The molecule has 0 saturated heterocycles. The summed E-state index contributed by atoms with van der Waals surface area (Å²) in [5.41, 5.74) is 3.83. The van der Waals surface area contributed by atoms with Crippen molar-refractivity contribution in [3.05, 3.63) is 65.5 Å². The lowest BCUT2D eigenvalue weighted by Crippen LogP contribution is -2.26. The molecule has 2 N–H and O–H groups in total. The number of carbonyl (C=O) groups is 2. The Bertz CT molecular complexity index is 804. The van der Waals surface area contributed by atoms with Crippen LogP contribution in [-0.4, -0.2) is 24.6 Å². The second kappa shape index (κ2) is 9.31. The lowest BCUT2D eigenvalue weighted by atomic mass is 10.2. The summed E-state index contributed by atoms with van der Waals surface area (Å²) >= 11 is 0. The van der Waals surface area contributed by atoms with Crippen LogP contribution in [0.1, 0.15) is 29.3 Å². The number of rotatable bonds is 7. The normalized spacial score (nSPS) is 11.0. The minimum atomic E-state index is -0.539. The Morgan fingerprint density at radius 1 is 1.15 bits per heavy atom. The van der Waals surface area contributed by atoms with Crippen LogP contribution in [0.15, 0.2) is 53.6 Å². The van der Waals surface area contributed by atoms with E-state index in [0.29, 0.717) is 12.3 Å². The SMILES string of the molecule is COc1ccc(CNC(=O)CC(C)=NNC(=O)c2cccc(F)c2)cc1. The average molecular weight is 357 g/mol. The molecule has 0 aliphatic heterocycles. The Hall–Kier alpha value is -3.22. The Labute approximate surface area is 151 Å². The van der Waals surface area contributed by atoms with E-state index in [9.17, 15) is 14.0 Å². The van der Waals surface area contributed by atoms with E-state index in [2.05, 4.69) is 15.8 Å². The topological polar surface area (TPSA) is 79.8 Å². The van der Waals surface area contributed by atoms with E-state index in [-0.39, 0.29) is 17.9 Å². The van der Waals surface area contributed by atoms with Gasteiger partial charge in [0.2, 0.25) is 5.91 Å². The fourth-order valence-corrected chi connectivity index (χ4v) is 2.12. The first-order valence-corrected chi connectivity index (χ1v) is 7.96. The van der Waals surface area contributed by atoms with Gasteiger partial charge in [-0.05, 0) is 42.8 Å². The van der Waals surface area contributed by atoms with E-state index in [1.54, 1.807) is 14.0 Å². The first-order chi connectivity index (χ1) is 12.5. The fraction of sp³-hybridized carbons (Fsp3) is 0.211. The maximum Gasteiger partial charge on any atom is 0.271 e. The summed E-state index contributed by atoms with van der Waals surface area (Å²) in [4.78, 5) is 23.8. The summed E-state index contributed by atoms with van der Waals surface area (Å²) in [7, 11) is 1.59. The first kappa shape index (κ1) is 19.1. The lowest BCUT2D eigenvalue weighted by molar-refractivity contribution is -0.120. The van der Waals surface area contributed by atoms with Gasteiger partial charge in [0.15, 0.2) is 0 Å². The highest BCUT2D eigenvalue weighted by Gasteiger charge is 2.07. The molecule has 26 heavy (non-hydrogen) atoms. The minimum absolute atomic E-state index is 0.0413. The Morgan fingerprint density at radius 3 is 2.54 bits per heavy atom. The molecular weight excluding hydrogens is 337 g/mol. The number of hydrogen-bond donors (Lipinski definition) is 2. The van der Waals surface area contributed by atoms with Gasteiger partial charge in [0.1, 0.15) is 11.6 Å². The number of amides is 2. The van der Waals surface area contributed by atoms with Crippen LogP contribution < -0.4 is 15.5 Å². The molecular formula is C19H20FN3O3. The molecule has 0 radical (unpaired) electrons. The number of halogens is 1. The van der Waals surface area contributed by atoms with E-state index in [1.165, 1.54) is 18.2 Å². The molecule has 0 aliphatic carbocycles. The van der Waals surface area contributed by atoms with E-state index >= 15 is 0 Å². The van der Waals surface area contributed by atoms with Crippen molar-refractivity contribution in [2.75, 3.05) is 7.11 Å². The van der Waals surface area contributed by atoms with Crippen LogP contribution in [0.3, 0.4) is 0 Å². The molecule has 0 bridgehead atoms. The summed E-state index contributed by atoms with van der Waals surface area (Å²) in [6, 6.07) is 12.6. The maximum atomic E-state index is 13.1.